The SMILES string of the molecule is Cc1ccc([C@@H]2C[C@@H]2C(=O)Nn2c(=S)[nH]c3ccccc3c2=O)cc1. The number of hydrogen-bond acceptors (Lipinski definition) is 3. The van der Waals surface area contributed by atoms with Gasteiger partial charge >= 0.3 is 0 Å². The summed E-state index contributed by atoms with van der Waals surface area (Å²) in [6.07, 6.45) is 0.785. The standard InChI is InChI=1S/C19H17N3O2S/c1-11-6-8-12(9-7-11)14-10-15(14)17(23)21-22-18(24)13-4-2-3-5-16(13)20-19(22)25/h2-9,14-15H,10H2,1H3,(H,20,25)(H,21,23)/t14-,15-/m0/s1. The Hall–Kier alpha value is -2.73. The Morgan fingerprint density at radius 2 is 1.92 bits per heavy atom. The fourth-order valence-corrected chi connectivity index (χ4v) is 3.36. The van der Waals surface area contributed by atoms with Crippen molar-refractivity contribution < 1.29 is 4.79 Å². The van der Waals surface area contributed by atoms with Crippen LogP contribution in [0.1, 0.15) is 23.5 Å². The maximum atomic E-state index is 12.6. The Kier molecular flexibility index (Phi) is 3.77. The lowest BCUT2D eigenvalue weighted by Crippen LogP contribution is -2.35. The Bertz CT molecular complexity index is 1080. The molecule has 6 heteroatoms. The second-order valence-corrected chi connectivity index (χ2v) is 6.84. The lowest BCUT2D eigenvalue weighted by Gasteiger charge is -2.09. The Balaban J connectivity index is 1.58. The van der Waals surface area contributed by atoms with Crippen molar-refractivity contribution in [3.8, 4) is 0 Å². The number of hydrogen-bond donors (Lipinski definition) is 2. The van der Waals surface area contributed by atoms with Crippen LogP contribution in [0.25, 0.3) is 10.9 Å². The predicted octanol–water partition coefficient (Wildman–Crippen LogP) is 3.24. The van der Waals surface area contributed by atoms with Gasteiger partial charge < -0.3 is 4.98 Å². The predicted molar refractivity (Wildman–Crippen MR) is 99.8 cm³/mol. The molecular formula is C19H17N3O2S. The van der Waals surface area contributed by atoms with Gasteiger partial charge in [-0.3, -0.25) is 15.0 Å². The van der Waals surface area contributed by atoms with E-state index < -0.39 is 0 Å². The van der Waals surface area contributed by atoms with Crippen LogP contribution < -0.4 is 11.0 Å². The third-order valence-corrected chi connectivity index (χ3v) is 4.94. The topological polar surface area (TPSA) is 66.9 Å². The van der Waals surface area contributed by atoms with Crippen LogP contribution in [-0.2, 0) is 4.79 Å². The largest absolute Gasteiger partial charge is 0.330 e. The molecule has 0 saturated heterocycles. The van der Waals surface area contributed by atoms with Crippen LogP contribution >= 0.6 is 12.2 Å². The van der Waals surface area contributed by atoms with E-state index in [1.54, 1.807) is 18.2 Å². The maximum Gasteiger partial charge on any atom is 0.281 e. The minimum absolute atomic E-state index is 0.129. The number of carbonyl (C=O) groups is 1. The Morgan fingerprint density at radius 3 is 2.68 bits per heavy atom. The maximum absolute atomic E-state index is 12.6. The summed E-state index contributed by atoms with van der Waals surface area (Å²) in [6.45, 7) is 2.04. The molecule has 25 heavy (non-hydrogen) atoms. The van der Waals surface area contributed by atoms with Crippen molar-refractivity contribution in [2.45, 2.75) is 19.3 Å². The van der Waals surface area contributed by atoms with Crippen molar-refractivity contribution in [2.24, 2.45) is 5.92 Å². The van der Waals surface area contributed by atoms with Gasteiger partial charge in [-0.2, -0.15) is 4.68 Å². The number of para-hydroxylation sites is 1. The molecule has 1 aromatic heterocycles. The number of aromatic amines is 1. The number of rotatable bonds is 3. The van der Waals surface area contributed by atoms with E-state index in [1.807, 2.05) is 25.1 Å². The van der Waals surface area contributed by atoms with E-state index >= 15 is 0 Å². The smallest absolute Gasteiger partial charge is 0.281 e. The van der Waals surface area contributed by atoms with Gasteiger partial charge in [-0.15, -0.1) is 0 Å². The van der Waals surface area contributed by atoms with E-state index in [1.165, 1.54) is 5.56 Å². The molecule has 2 atom stereocenters. The number of benzene rings is 2. The van der Waals surface area contributed by atoms with E-state index in [0.717, 1.165) is 16.7 Å². The summed E-state index contributed by atoms with van der Waals surface area (Å²) in [5.41, 5.74) is 5.36. The summed E-state index contributed by atoms with van der Waals surface area (Å²) < 4.78 is 1.31. The molecule has 0 bridgehead atoms. The summed E-state index contributed by atoms with van der Waals surface area (Å²) in [7, 11) is 0. The van der Waals surface area contributed by atoms with Crippen LogP contribution in [0.4, 0.5) is 0 Å². The fourth-order valence-electron chi connectivity index (χ4n) is 3.12. The van der Waals surface area contributed by atoms with Crippen LogP contribution in [-0.4, -0.2) is 15.6 Å². The molecule has 4 rings (SSSR count). The molecule has 1 aliphatic rings. The van der Waals surface area contributed by atoms with Crippen LogP contribution in [0.5, 0.6) is 0 Å². The molecule has 3 aromatic rings. The van der Waals surface area contributed by atoms with Crippen LogP contribution in [0.2, 0.25) is 0 Å². The summed E-state index contributed by atoms with van der Waals surface area (Å²) in [5, 5.41) is 0.488. The van der Waals surface area contributed by atoms with Gasteiger partial charge in [0, 0.05) is 5.92 Å². The molecule has 0 spiro atoms. The number of aryl methyl sites for hydroxylation is 1. The molecule has 1 saturated carbocycles. The first-order valence-electron chi connectivity index (χ1n) is 8.16. The average molecular weight is 351 g/mol. The molecule has 5 nitrogen and oxygen atoms in total. The number of fused-ring (bicyclic) bond motifs is 1. The summed E-state index contributed by atoms with van der Waals surface area (Å²) in [6, 6.07) is 15.3. The zero-order valence-corrected chi connectivity index (χ0v) is 14.5. The van der Waals surface area contributed by atoms with E-state index in [2.05, 4.69) is 22.5 Å². The van der Waals surface area contributed by atoms with Gasteiger partial charge in [0.2, 0.25) is 5.91 Å². The number of amides is 1. The minimum atomic E-state index is -0.319. The summed E-state index contributed by atoms with van der Waals surface area (Å²) >= 11 is 5.22. The second kappa shape index (κ2) is 5.97. The quantitative estimate of drug-likeness (QED) is 0.712. The highest BCUT2D eigenvalue weighted by atomic mass is 32.1. The molecule has 0 aliphatic heterocycles. The minimum Gasteiger partial charge on any atom is -0.330 e. The number of aromatic nitrogens is 2. The first-order valence-corrected chi connectivity index (χ1v) is 8.57. The van der Waals surface area contributed by atoms with Crippen LogP contribution in [0, 0.1) is 17.6 Å². The zero-order valence-electron chi connectivity index (χ0n) is 13.7. The fraction of sp³-hybridized carbons (Fsp3) is 0.211. The third kappa shape index (κ3) is 2.89. The molecule has 1 aliphatic carbocycles. The molecule has 126 valence electrons. The van der Waals surface area contributed by atoms with Gasteiger partial charge in [0.15, 0.2) is 4.77 Å². The molecule has 2 N–H and O–H groups in total. The van der Waals surface area contributed by atoms with Gasteiger partial charge in [-0.05, 0) is 49.2 Å². The molecule has 1 amide bonds. The van der Waals surface area contributed by atoms with Crippen molar-refractivity contribution >= 4 is 29.0 Å². The van der Waals surface area contributed by atoms with Crippen LogP contribution in [0.15, 0.2) is 53.3 Å². The third-order valence-electron chi connectivity index (χ3n) is 4.66. The average Bonchev–Trinajstić information content (AvgIpc) is 3.40. The Morgan fingerprint density at radius 1 is 1.20 bits per heavy atom. The molecule has 2 aromatic carbocycles. The van der Waals surface area contributed by atoms with Crippen molar-refractivity contribution in [3.63, 3.8) is 0 Å². The Labute approximate surface area is 149 Å². The number of nitrogens with one attached hydrogen (secondary N) is 2. The molecule has 0 unspecified atom stereocenters. The summed E-state index contributed by atoms with van der Waals surface area (Å²) in [5.74, 6) is -0.104. The van der Waals surface area contributed by atoms with Gasteiger partial charge in [0.1, 0.15) is 0 Å². The van der Waals surface area contributed by atoms with Gasteiger partial charge in [-0.25, -0.2) is 0 Å². The summed E-state index contributed by atoms with van der Waals surface area (Å²) in [4.78, 5) is 28.1. The molecule has 0 radical (unpaired) electrons. The van der Waals surface area contributed by atoms with E-state index in [0.29, 0.717) is 10.9 Å². The van der Waals surface area contributed by atoms with Crippen molar-refractivity contribution in [3.05, 3.63) is 74.8 Å². The normalized spacial score (nSPS) is 18.9. The molecule has 1 fully saturated rings. The number of nitrogens with zero attached hydrogens (tertiary/aromatic N) is 1. The number of H-pyrrole nitrogens is 1. The van der Waals surface area contributed by atoms with E-state index in [-0.39, 0.29) is 28.1 Å². The van der Waals surface area contributed by atoms with Crippen molar-refractivity contribution in [2.75, 3.05) is 5.43 Å². The molecular weight excluding hydrogens is 334 g/mol. The van der Waals surface area contributed by atoms with E-state index in [4.69, 9.17) is 12.2 Å². The van der Waals surface area contributed by atoms with Gasteiger partial charge in [0.05, 0.1) is 10.9 Å². The zero-order chi connectivity index (χ0) is 17.6. The first kappa shape index (κ1) is 15.8. The van der Waals surface area contributed by atoms with Crippen molar-refractivity contribution in [1.82, 2.24) is 9.66 Å². The van der Waals surface area contributed by atoms with Crippen molar-refractivity contribution in [1.29, 1.82) is 0 Å². The highest BCUT2D eigenvalue weighted by Gasteiger charge is 2.44. The molecule has 1 heterocycles. The highest BCUT2D eigenvalue weighted by molar-refractivity contribution is 7.71. The number of carbonyl (C=O) groups excluding carboxylic acids is 1. The van der Waals surface area contributed by atoms with Crippen LogP contribution in [0.3, 0.4) is 0 Å². The lowest BCUT2D eigenvalue weighted by atomic mass is 10.1. The monoisotopic (exact) mass is 351 g/mol. The highest BCUT2D eigenvalue weighted by Crippen LogP contribution is 2.47. The van der Waals surface area contributed by atoms with E-state index in [9.17, 15) is 9.59 Å². The lowest BCUT2D eigenvalue weighted by molar-refractivity contribution is -0.118. The van der Waals surface area contributed by atoms with Gasteiger partial charge in [0.25, 0.3) is 5.56 Å². The van der Waals surface area contributed by atoms with Gasteiger partial charge in [-0.1, -0.05) is 42.0 Å². The second-order valence-electron chi connectivity index (χ2n) is 6.45. The first-order chi connectivity index (χ1) is 12.0.